The quantitative estimate of drug-likeness (QED) is 0.816. The SMILES string of the molecule is Cc1ccc(C(=O)NCCNC(=O)C2(C#N)CCCC2)cc1F. The lowest BCUT2D eigenvalue weighted by atomic mass is 9.87. The van der Waals surface area contributed by atoms with E-state index in [0.29, 0.717) is 18.4 Å². The molecule has 1 aliphatic rings. The molecular weight excluding hydrogens is 297 g/mol. The topological polar surface area (TPSA) is 82.0 Å². The van der Waals surface area contributed by atoms with E-state index in [1.807, 2.05) is 0 Å². The molecule has 1 saturated carbocycles. The monoisotopic (exact) mass is 317 g/mol. The van der Waals surface area contributed by atoms with Crippen LogP contribution >= 0.6 is 0 Å². The molecule has 5 nitrogen and oxygen atoms in total. The Morgan fingerprint density at radius 1 is 1.26 bits per heavy atom. The Hall–Kier alpha value is -2.42. The maximum Gasteiger partial charge on any atom is 0.251 e. The molecular formula is C17H20FN3O2. The zero-order valence-electron chi connectivity index (χ0n) is 13.1. The molecule has 2 amide bonds. The number of halogens is 1. The van der Waals surface area contributed by atoms with Crippen LogP contribution < -0.4 is 10.6 Å². The van der Waals surface area contributed by atoms with E-state index in [1.165, 1.54) is 6.07 Å². The van der Waals surface area contributed by atoms with E-state index in [2.05, 4.69) is 16.7 Å². The van der Waals surface area contributed by atoms with Crippen LogP contribution in [0.2, 0.25) is 0 Å². The summed E-state index contributed by atoms with van der Waals surface area (Å²) in [7, 11) is 0. The Morgan fingerprint density at radius 2 is 1.91 bits per heavy atom. The molecule has 0 bridgehead atoms. The van der Waals surface area contributed by atoms with E-state index in [4.69, 9.17) is 0 Å². The largest absolute Gasteiger partial charge is 0.353 e. The molecule has 1 fully saturated rings. The fourth-order valence-corrected chi connectivity index (χ4v) is 2.73. The Labute approximate surface area is 134 Å². The first kappa shape index (κ1) is 16.9. The summed E-state index contributed by atoms with van der Waals surface area (Å²) in [6.45, 7) is 2.09. The average Bonchev–Trinajstić information content (AvgIpc) is 3.04. The highest BCUT2D eigenvalue weighted by Crippen LogP contribution is 2.37. The predicted molar refractivity (Wildman–Crippen MR) is 83.0 cm³/mol. The van der Waals surface area contributed by atoms with Gasteiger partial charge in [-0.15, -0.1) is 0 Å². The van der Waals surface area contributed by atoms with Gasteiger partial charge in [-0.2, -0.15) is 5.26 Å². The molecule has 2 rings (SSSR count). The van der Waals surface area contributed by atoms with Crippen LogP contribution in [0.3, 0.4) is 0 Å². The minimum absolute atomic E-state index is 0.224. The van der Waals surface area contributed by atoms with Gasteiger partial charge in [0.1, 0.15) is 11.2 Å². The molecule has 0 unspecified atom stereocenters. The van der Waals surface area contributed by atoms with E-state index < -0.39 is 17.1 Å². The first-order valence-corrected chi connectivity index (χ1v) is 7.72. The van der Waals surface area contributed by atoms with Crippen molar-refractivity contribution in [1.82, 2.24) is 10.6 Å². The summed E-state index contributed by atoms with van der Waals surface area (Å²) in [6, 6.07) is 6.41. The van der Waals surface area contributed by atoms with E-state index in [1.54, 1.807) is 19.1 Å². The number of amides is 2. The molecule has 0 heterocycles. The number of rotatable bonds is 5. The van der Waals surface area contributed by atoms with Crippen molar-refractivity contribution in [3.8, 4) is 6.07 Å². The van der Waals surface area contributed by atoms with Crippen LogP contribution in [0.25, 0.3) is 0 Å². The van der Waals surface area contributed by atoms with Crippen LogP contribution in [0.4, 0.5) is 4.39 Å². The van der Waals surface area contributed by atoms with E-state index >= 15 is 0 Å². The molecule has 0 aromatic heterocycles. The zero-order chi connectivity index (χ0) is 16.9. The Bertz CT molecular complexity index is 646. The van der Waals surface area contributed by atoms with Gasteiger partial charge in [-0.1, -0.05) is 18.9 Å². The summed E-state index contributed by atoms with van der Waals surface area (Å²) in [5, 5.41) is 14.5. The lowest BCUT2D eigenvalue weighted by molar-refractivity contribution is -0.127. The third kappa shape index (κ3) is 3.86. The van der Waals surface area contributed by atoms with E-state index in [0.717, 1.165) is 12.8 Å². The summed E-state index contributed by atoms with van der Waals surface area (Å²) in [4.78, 5) is 24.0. The second-order valence-corrected chi connectivity index (χ2v) is 5.88. The van der Waals surface area contributed by atoms with Gasteiger partial charge < -0.3 is 10.6 Å². The molecule has 0 atom stereocenters. The van der Waals surface area contributed by atoms with E-state index in [9.17, 15) is 19.2 Å². The Kier molecular flexibility index (Phi) is 5.32. The van der Waals surface area contributed by atoms with Crippen molar-refractivity contribution in [3.05, 3.63) is 35.1 Å². The Balaban J connectivity index is 1.79. The van der Waals surface area contributed by atoms with Gasteiger partial charge in [0.15, 0.2) is 0 Å². The zero-order valence-corrected chi connectivity index (χ0v) is 13.1. The number of benzene rings is 1. The number of nitrogens with zero attached hydrogens (tertiary/aromatic N) is 1. The molecule has 0 radical (unpaired) electrons. The highest BCUT2D eigenvalue weighted by Gasteiger charge is 2.41. The summed E-state index contributed by atoms with van der Waals surface area (Å²) in [5.41, 5.74) is -0.194. The summed E-state index contributed by atoms with van der Waals surface area (Å²) < 4.78 is 13.4. The number of hydrogen-bond donors (Lipinski definition) is 2. The fraction of sp³-hybridized carbons (Fsp3) is 0.471. The number of hydrogen-bond acceptors (Lipinski definition) is 3. The van der Waals surface area contributed by atoms with Crippen molar-refractivity contribution in [2.24, 2.45) is 5.41 Å². The van der Waals surface area contributed by atoms with Crippen molar-refractivity contribution in [3.63, 3.8) is 0 Å². The van der Waals surface area contributed by atoms with Gasteiger partial charge in [0.25, 0.3) is 5.91 Å². The number of carbonyl (C=O) groups excluding carboxylic acids is 2. The number of aryl methyl sites for hydroxylation is 1. The first-order valence-electron chi connectivity index (χ1n) is 7.72. The minimum atomic E-state index is -0.913. The van der Waals surface area contributed by atoms with Crippen molar-refractivity contribution >= 4 is 11.8 Å². The lowest BCUT2D eigenvalue weighted by Gasteiger charge is -2.19. The van der Waals surface area contributed by atoms with Crippen LogP contribution in [0.15, 0.2) is 18.2 Å². The highest BCUT2D eigenvalue weighted by atomic mass is 19.1. The highest BCUT2D eigenvalue weighted by molar-refractivity contribution is 5.94. The molecule has 1 aromatic rings. The van der Waals surface area contributed by atoms with Crippen molar-refractivity contribution in [2.75, 3.05) is 13.1 Å². The Morgan fingerprint density at radius 3 is 2.52 bits per heavy atom. The van der Waals surface area contributed by atoms with Gasteiger partial charge >= 0.3 is 0 Å². The van der Waals surface area contributed by atoms with Crippen molar-refractivity contribution < 1.29 is 14.0 Å². The van der Waals surface area contributed by atoms with Crippen LogP contribution in [-0.2, 0) is 4.79 Å². The normalized spacial score (nSPS) is 15.7. The summed E-state index contributed by atoms with van der Waals surface area (Å²) in [5.74, 6) is -1.09. The summed E-state index contributed by atoms with van der Waals surface area (Å²) in [6.07, 6.45) is 2.95. The van der Waals surface area contributed by atoms with Crippen molar-refractivity contribution in [1.29, 1.82) is 5.26 Å². The molecule has 1 aliphatic carbocycles. The molecule has 122 valence electrons. The molecule has 2 N–H and O–H groups in total. The fourth-order valence-electron chi connectivity index (χ4n) is 2.73. The van der Waals surface area contributed by atoms with Crippen LogP contribution in [0.1, 0.15) is 41.6 Å². The smallest absolute Gasteiger partial charge is 0.251 e. The summed E-state index contributed by atoms with van der Waals surface area (Å²) >= 11 is 0. The molecule has 0 saturated heterocycles. The van der Waals surface area contributed by atoms with Gasteiger partial charge in [0.05, 0.1) is 6.07 Å². The van der Waals surface area contributed by atoms with Crippen LogP contribution in [0.5, 0.6) is 0 Å². The number of nitriles is 1. The second-order valence-electron chi connectivity index (χ2n) is 5.88. The lowest BCUT2D eigenvalue weighted by Crippen LogP contribution is -2.42. The number of nitrogens with one attached hydrogen (secondary N) is 2. The molecule has 23 heavy (non-hydrogen) atoms. The van der Waals surface area contributed by atoms with Gasteiger partial charge in [0, 0.05) is 18.7 Å². The molecule has 6 heteroatoms. The molecule has 1 aromatic carbocycles. The average molecular weight is 317 g/mol. The number of carbonyl (C=O) groups is 2. The van der Waals surface area contributed by atoms with Gasteiger partial charge in [0.2, 0.25) is 5.91 Å². The van der Waals surface area contributed by atoms with Gasteiger partial charge in [-0.25, -0.2) is 4.39 Å². The first-order chi connectivity index (χ1) is 11.0. The maximum absolute atomic E-state index is 13.4. The van der Waals surface area contributed by atoms with E-state index in [-0.39, 0.29) is 24.6 Å². The molecule has 0 aliphatic heterocycles. The third-order valence-corrected chi connectivity index (χ3v) is 4.24. The van der Waals surface area contributed by atoms with Crippen molar-refractivity contribution in [2.45, 2.75) is 32.6 Å². The second kappa shape index (κ2) is 7.23. The maximum atomic E-state index is 13.4. The minimum Gasteiger partial charge on any atom is -0.353 e. The van der Waals surface area contributed by atoms with Gasteiger partial charge in [-0.3, -0.25) is 9.59 Å². The third-order valence-electron chi connectivity index (χ3n) is 4.24. The van der Waals surface area contributed by atoms with Gasteiger partial charge in [-0.05, 0) is 37.5 Å². The van der Waals surface area contributed by atoms with Crippen LogP contribution in [-0.4, -0.2) is 24.9 Å². The standard InChI is InChI=1S/C17H20FN3O2/c1-12-4-5-13(10-14(12)18)15(22)20-8-9-21-16(23)17(11-19)6-2-3-7-17/h4-5,10H,2-3,6-9H2,1H3,(H,20,22)(H,21,23). The van der Waals surface area contributed by atoms with Crippen LogP contribution in [0, 0.1) is 29.5 Å². The molecule has 0 spiro atoms. The predicted octanol–water partition coefficient (Wildman–Crippen LogP) is 2.06.